The molecular weight excluding hydrogens is 471 g/mol. The predicted octanol–water partition coefficient (Wildman–Crippen LogP) is 3.28. The van der Waals surface area contributed by atoms with Crippen LogP contribution in [0.15, 0.2) is 45.6 Å². The second-order valence-corrected chi connectivity index (χ2v) is 8.55. The van der Waals surface area contributed by atoms with E-state index in [-0.39, 0.29) is 36.2 Å². The van der Waals surface area contributed by atoms with E-state index in [0.29, 0.717) is 44.2 Å². The number of thiophene rings is 1. The Morgan fingerprint density at radius 2 is 1.94 bits per heavy atom. The van der Waals surface area contributed by atoms with Crippen molar-refractivity contribution >= 4 is 23.2 Å². The lowest BCUT2D eigenvalue weighted by molar-refractivity contribution is -0.137. The molecule has 180 valence electrons. The Bertz CT molecular complexity index is 1130. The maximum atomic E-state index is 12.9. The van der Waals surface area contributed by atoms with E-state index in [1.807, 2.05) is 10.3 Å². The van der Waals surface area contributed by atoms with E-state index in [1.54, 1.807) is 16.3 Å². The Kier molecular flexibility index (Phi) is 7.27. The average molecular weight is 494 g/mol. The van der Waals surface area contributed by atoms with Crippen LogP contribution in [0.3, 0.4) is 0 Å². The van der Waals surface area contributed by atoms with Crippen LogP contribution in [0.5, 0.6) is 0 Å². The van der Waals surface area contributed by atoms with Crippen molar-refractivity contribution in [3.05, 3.63) is 58.1 Å². The van der Waals surface area contributed by atoms with Crippen molar-refractivity contribution in [3.8, 4) is 11.4 Å². The van der Waals surface area contributed by atoms with Gasteiger partial charge in [0.25, 0.3) is 5.91 Å². The number of nitrogens with zero attached hydrogens (tertiary/aromatic N) is 4. The van der Waals surface area contributed by atoms with Crippen molar-refractivity contribution in [2.24, 2.45) is 0 Å². The lowest BCUT2D eigenvalue weighted by Crippen LogP contribution is -2.48. The van der Waals surface area contributed by atoms with Crippen molar-refractivity contribution in [1.82, 2.24) is 25.3 Å². The lowest BCUT2D eigenvalue weighted by atomic mass is 10.1. The molecule has 1 aromatic carbocycles. The van der Waals surface area contributed by atoms with Gasteiger partial charge in [-0.25, -0.2) is 0 Å². The molecule has 2 aromatic heterocycles. The van der Waals surface area contributed by atoms with Crippen LogP contribution in [0.2, 0.25) is 0 Å². The maximum absolute atomic E-state index is 12.9. The van der Waals surface area contributed by atoms with E-state index < -0.39 is 11.7 Å². The van der Waals surface area contributed by atoms with Crippen LogP contribution in [-0.4, -0.2) is 64.5 Å². The number of piperazine rings is 1. The second kappa shape index (κ2) is 10.3. The van der Waals surface area contributed by atoms with Crippen molar-refractivity contribution in [2.75, 3.05) is 32.7 Å². The molecule has 2 amide bonds. The number of carbonyl (C=O) groups excluding carboxylic acids is 2. The zero-order valence-electron chi connectivity index (χ0n) is 18.0. The highest BCUT2D eigenvalue weighted by Gasteiger charge is 2.31. The van der Waals surface area contributed by atoms with E-state index in [4.69, 9.17) is 4.52 Å². The zero-order valence-corrected chi connectivity index (χ0v) is 18.9. The van der Waals surface area contributed by atoms with Gasteiger partial charge in [-0.3, -0.25) is 14.5 Å². The van der Waals surface area contributed by atoms with E-state index >= 15 is 0 Å². The molecule has 4 rings (SSSR count). The fourth-order valence-corrected chi connectivity index (χ4v) is 4.19. The summed E-state index contributed by atoms with van der Waals surface area (Å²) in [5.41, 5.74) is 0.0396. The molecule has 0 spiro atoms. The summed E-state index contributed by atoms with van der Waals surface area (Å²) in [5, 5.41) is 10.1. The molecule has 1 aliphatic heterocycles. The van der Waals surface area contributed by atoms with Crippen LogP contribution >= 0.6 is 11.3 Å². The maximum Gasteiger partial charge on any atom is 0.416 e. The fraction of sp³-hybridized carbons (Fsp3) is 0.364. The van der Waals surface area contributed by atoms with Gasteiger partial charge in [-0.05, 0) is 23.6 Å². The number of halogens is 3. The van der Waals surface area contributed by atoms with Crippen LogP contribution < -0.4 is 5.32 Å². The number of alkyl halides is 3. The highest BCUT2D eigenvalue weighted by Crippen LogP contribution is 2.31. The molecule has 0 unspecified atom stereocenters. The van der Waals surface area contributed by atoms with E-state index in [9.17, 15) is 22.8 Å². The van der Waals surface area contributed by atoms with Gasteiger partial charge in [-0.15, -0.1) is 0 Å². The predicted molar refractivity (Wildman–Crippen MR) is 118 cm³/mol. The largest absolute Gasteiger partial charge is 0.416 e. The first kappa shape index (κ1) is 23.9. The normalized spacial score (nSPS) is 14.9. The van der Waals surface area contributed by atoms with E-state index in [0.717, 1.165) is 12.1 Å². The molecule has 1 saturated heterocycles. The highest BCUT2D eigenvalue weighted by molar-refractivity contribution is 7.08. The summed E-state index contributed by atoms with van der Waals surface area (Å²) in [6, 6.07) is 6.51. The summed E-state index contributed by atoms with van der Waals surface area (Å²) in [4.78, 5) is 32.4. The first-order valence-electron chi connectivity index (χ1n) is 10.6. The highest BCUT2D eigenvalue weighted by atomic mass is 32.1. The molecule has 3 aromatic rings. The van der Waals surface area contributed by atoms with Gasteiger partial charge in [0.05, 0.1) is 12.1 Å². The molecular formula is C22H22F3N5O3S. The third kappa shape index (κ3) is 6.00. The second-order valence-electron chi connectivity index (χ2n) is 7.77. The molecule has 0 atom stereocenters. The summed E-state index contributed by atoms with van der Waals surface area (Å²) in [7, 11) is 0. The SMILES string of the molecule is O=C(NCCC(=O)N1CCN(Cc2nc(-c3cccc(C(F)(F)F)c3)no2)CC1)c1ccsc1. The molecule has 0 aliphatic carbocycles. The number of carbonyl (C=O) groups is 2. The Morgan fingerprint density at radius 1 is 1.15 bits per heavy atom. The van der Waals surface area contributed by atoms with Crippen molar-refractivity contribution < 1.29 is 27.3 Å². The van der Waals surface area contributed by atoms with Crippen molar-refractivity contribution in [3.63, 3.8) is 0 Å². The molecule has 12 heteroatoms. The number of hydrogen-bond donors (Lipinski definition) is 1. The number of nitrogens with one attached hydrogen (secondary N) is 1. The Hall–Kier alpha value is -3.25. The van der Waals surface area contributed by atoms with Crippen molar-refractivity contribution in [1.29, 1.82) is 0 Å². The number of benzene rings is 1. The molecule has 34 heavy (non-hydrogen) atoms. The monoisotopic (exact) mass is 493 g/mol. The molecule has 0 bridgehead atoms. The number of rotatable bonds is 7. The smallest absolute Gasteiger partial charge is 0.351 e. The first-order chi connectivity index (χ1) is 16.3. The van der Waals surface area contributed by atoms with E-state index in [2.05, 4.69) is 15.5 Å². The van der Waals surface area contributed by atoms with Gasteiger partial charge in [0.2, 0.25) is 17.6 Å². The molecule has 3 heterocycles. The quantitative estimate of drug-likeness (QED) is 0.543. The molecule has 0 saturated carbocycles. The molecule has 1 fully saturated rings. The number of aromatic nitrogens is 2. The Labute approximate surface area is 197 Å². The minimum absolute atomic E-state index is 0.0325. The van der Waals surface area contributed by atoms with Crippen LogP contribution in [0.4, 0.5) is 13.2 Å². The summed E-state index contributed by atoms with van der Waals surface area (Å²) in [6.45, 7) is 2.83. The van der Waals surface area contributed by atoms with Crippen LogP contribution in [0, 0.1) is 0 Å². The van der Waals surface area contributed by atoms with E-state index in [1.165, 1.54) is 23.5 Å². The molecule has 0 radical (unpaired) electrons. The molecule has 1 N–H and O–H groups in total. The standard InChI is InChI=1S/C22H22F3N5O3S/c23-22(24,25)17-3-1-2-15(12-17)20-27-18(33-28-20)13-29-7-9-30(10-8-29)19(31)4-6-26-21(32)16-5-11-34-14-16/h1-3,5,11-12,14H,4,6-10,13H2,(H,26,32). The third-order valence-electron chi connectivity index (χ3n) is 5.41. The molecule has 8 nitrogen and oxygen atoms in total. The third-order valence-corrected chi connectivity index (χ3v) is 6.09. The number of amides is 2. The zero-order chi connectivity index (χ0) is 24.1. The molecule has 1 aliphatic rings. The summed E-state index contributed by atoms with van der Waals surface area (Å²) in [6.07, 6.45) is -4.23. The Morgan fingerprint density at radius 3 is 2.65 bits per heavy atom. The fourth-order valence-electron chi connectivity index (χ4n) is 3.55. The summed E-state index contributed by atoms with van der Waals surface area (Å²) < 4.78 is 44.0. The topological polar surface area (TPSA) is 91.6 Å². The van der Waals surface area contributed by atoms with Gasteiger partial charge >= 0.3 is 6.18 Å². The van der Waals surface area contributed by atoms with Crippen LogP contribution in [0.1, 0.15) is 28.2 Å². The number of hydrogen-bond acceptors (Lipinski definition) is 7. The lowest BCUT2D eigenvalue weighted by Gasteiger charge is -2.34. The summed E-state index contributed by atoms with van der Waals surface area (Å²) in [5.74, 6) is 0.167. The first-order valence-corrected chi connectivity index (χ1v) is 11.5. The minimum atomic E-state index is -4.45. The Balaban J connectivity index is 1.23. The minimum Gasteiger partial charge on any atom is -0.351 e. The summed E-state index contributed by atoms with van der Waals surface area (Å²) >= 11 is 1.44. The van der Waals surface area contributed by atoms with Crippen molar-refractivity contribution in [2.45, 2.75) is 19.1 Å². The van der Waals surface area contributed by atoms with Gasteiger partial charge in [-0.1, -0.05) is 17.3 Å². The van der Waals surface area contributed by atoms with Crippen LogP contribution in [0.25, 0.3) is 11.4 Å². The van der Waals surface area contributed by atoms with Gasteiger partial charge < -0.3 is 14.7 Å². The van der Waals surface area contributed by atoms with Gasteiger partial charge in [-0.2, -0.15) is 29.5 Å². The average Bonchev–Trinajstić information content (AvgIpc) is 3.52. The van der Waals surface area contributed by atoms with Crippen LogP contribution in [-0.2, 0) is 17.5 Å². The van der Waals surface area contributed by atoms with Gasteiger partial charge in [0.1, 0.15) is 0 Å². The van der Waals surface area contributed by atoms with Gasteiger partial charge in [0, 0.05) is 55.7 Å². The van der Waals surface area contributed by atoms with Gasteiger partial charge in [0.15, 0.2) is 0 Å².